The van der Waals surface area contributed by atoms with E-state index in [0.717, 1.165) is 42.3 Å². The van der Waals surface area contributed by atoms with Crippen molar-refractivity contribution in [2.24, 2.45) is 0 Å². The molecule has 33 heavy (non-hydrogen) atoms. The van der Waals surface area contributed by atoms with Crippen LogP contribution in [0.1, 0.15) is 39.8 Å². The molecule has 1 atom stereocenters. The van der Waals surface area contributed by atoms with Gasteiger partial charge in [-0.1, -0.05) is 42.5 Å². The summed E-state index contributed by atoms with van der Waals surface area (Å²) in [6, 6.07) is 24.0. The summed E-state index contributed by atoms with van der Waals surface area (Å²) in [4.78, 5) is 17.1. The minimum absolute atomic E-state index is 0.222. The molecule has 0 aliphatic carbocycles. The number of aromatic nitrogens is 2. The van der Waals surface area contributed by atoms with Crippen LogP contribution >= 0.6 is 0 Å². The molecule has 1 unspecified atom stereocenters. The Labute approximate surface area is 191 Å². The molecular formula is C27H24FN3O2. The molecule has 1 aromatic heterocycles. The molecule has 3 aromatic carbocycles. The minimum Gasteiger partial charge on any atom is -0.457 e. The number of carbonyl (C=O) groups excluding carboxylic acids is 1. The fourth-order valence-electron chi connectivity index (χ4n) is 4.13. The van der Waals surface area contributed by atoms with Crippen molar-refractivity contribution >= 4 is 5.91 Å². The number of hydrogen-bond donors (Lipinski definition) is 1. The maximum Gasteiger partial charge on any atom is 0.271 e. The SMILES string of the molecule is O=C(NCc1ccc(F)cc1)c1cn2c(n1)CCC(c1ccc(Oc3ccccc3)cc1)C2. The number of ether oxygens (including phenoxy) is 1. The van der Waals surface area contributed by atoms with Crippen molar-refractivity contribution in [2.45, 2.75) is 31.8 Å². The highest BCUT2D eigenvalue weighted by Gasteiger charge is 2.23. The van der Waals surface area contributed by atoms with Gasteiger partial charge in [0.05, 0.1) is 0 Å². The molecule has 1 aliphatic heterocycles. The summed E-state index contributed by atoms with van der Waals surface area (Å²) in [6.07, 6.45) is 3.62. The van der Waals surface area contributed by atoms with Crippen molar-refractivity contribution in [3.8, 4) is 11.5 Å². The van der Waals surface area contributed by atoms with Crippen LogP contribution in [-0.2, 0) is 19.5 Å². The van der Waals surface area contributed by atoms with Gasteiger partial charge < -0.3 is 14.6 Å². The molecule has 0 spiro atoms. The molecule has 5 nitrogen and oxygen atoms in total. The lowest BCUT2D eigenvalue weighted by Crippen LogP contribution is -2.23. The predicted octanol–water partition coefficient (Wildman–Crippen LogP) is 5.47. The third kappa shape index (κ3) is 4.95. The Hall–Kier alpha value is -3.93. The van der Waals surface area contributed by atoms with E-state index >= 15 is 0 Å². The normalized spacial score (nSPS) is 15.0. The smallest absolute Gasteiger partial charge is 0.271 e. The lowest BCUT2D eigenvalue weighted by Gasteiger charge is -2.24. The van der Waals surface area contributed by atoms with Crippen LogP contribution in [0.5, 0.6) is 11.5 Å². The van der Waals surface area contributed by atoms with Gasteiger partial charge in [-0.15, -0.1) is 0 Å². The zero-order valence-corrected chi connectivity index (χ0v) is 18.1. The van der Waals surface area contributed by atoms with E-state index in [0.29, 0.717) is 18.2 Å². The predicted molar refractivity (Wildman–Crippen MR) is 124 cm³/mol. The Balaban J connectivity index is 1.21. The van der Waals surface area contributed by atoms with E-state index < -0.39 is 0 Å². The summed E-state index contributed by atoms with van der Waals surface area (Å²) in [6.45, 7) is 1.12. The van der Waals surface area contributed by atoms with E-state index in [9.17, 15) is 9.18 Å². The van der Waals surface area contributed by atoms with Crippen LogP contribution in [0.15, 0.2) is 85.1 Å². The third-order valence-electron chi connectivity index (χ3n) is 5.92. The highest BCUT2D eigenvalue weighted by molar-refractivity contribution is 5.92. The molecule has 4 aromatic rings. The number of carbonyl (C=O) groups is 1. The Morgan fingerprint density at radius 2 is 1.73 bits per heavy atom. The van der Waals surface area contributed by atoms with Crippen molar-refractivity contribution in [3.05, 3.63) is 114 Å². The lowest BCUT2D eigenvalue weighted by atomic mass is 9.91. The molecule has 2 heterocycles. The summed E-state index contributed by atoms with van der Waals surface area (Å²) in [7, 11) is 0. The molecule has 5 rings (SSSR count). The molecule has 1 amide bonds. The zero-order valence-electron chi connectivity index (χ0n) is 18.1. The van der Waals surface area contributed by atoms with Crippen molar-refractivity contribution in [1.29, 1.82) is 0 Å². The van der Waals surface area contributed by atoms with Crippen molar-refractivity contribution < 1.29 is 13.9 Å². The second kappa shape index (κ2) is 9.28. The second-order valence-corrected chi connectivity index (χ2v) is 8.22. The zero-order chi connectivity index (χ0) is 22.6. The molecular weight excluding hydrogens is 417 g/mol. The van der Waals surface area contributed by atoms with E-state index in [1.807, 2.05) is 48.7 Å². The maximum atomic E-state index is 13.0. The summed E-state index contributed by atoms with van der Waals surface area (Å²) in [5.41, 5.74) is 2.50. The quantitative estimate of drug-likeness (QED) is 0.431. The van der Waals surface area contributed by atoms with Gasteiger partial charge in [0, 0.05) is 31.6 Å². The number of benzene rings is 3. The monoisotopic (exact) mass is 441 g/mol. The van der Waals surface area contributed by atoms with Gasteiger partial charge >= 0.3 is 0 Å². The number of nitrogens with zero attached hydrogens (tertiary/aromatic N) is 2. The summed E-state index contributed by atoms with van der Waals surface area (Å²) in [5.74, 6) is 2.40. The summed E-state index contributed by atoms with van der Waals surface area (Å²) < 4.78 is 21.0. The first-order valence-corrected chi connectivity index (χ1v) is 11.1. The van der Waals surface area contributed by atoms with E-state index in [-0.39, 0.29) is 11.7 Å². The van der Waals surface area contributed by atoms with Gasteiger partial charge in [0.15, 0.2) is 0 Å². The summed E-state index contributed by atoms with van der Waals surface area (Å²) in [5, 5.41) is 2.86. The van der Waals surface area contributed by atoms with E-state index in [4.69, 9.17) is 4.74 Å². The number of aryl methyl sites for hydroxylation is 1. The number of imidazole rings is 1. The number of hydrogen-bond acceptors (Lipinski definition) is 3. The number of nitrogens with one attached hydrogen (secondary N) is 1. The molecule has 0 fully saturated rings. The highest BCUT2D eigenvalue weighted by atomic mass is 19.1. The van der Waals surface area contributed by atoms with Crippen LogP contribution in [0.3, 0.4) is 0 Å². The van der Waals surface area contributed by atoms with E-state index in [1.54, 1.807) is 12.1 Å². The maximum absolute atomic E-state index is 13.0. The topological polar surface area (TPSA) is 56.2 Å². The van der Waals surface area contributed by atoms with Crippen LogP contribution in [0.25, 0.3) is 0 Å². The van der Waals surface area contributed by atoms with Gasteiger partial charge in [-0.2, -0.15) is 0 Å². The Bertz CT molecular complexity index is 1230. The molecule has 166 valence electrons. The summed E-state index contributed by atoms with van der Waals surface area (Å²) >= 11 is 0. The van der Waals surface area contributed by atoms with Gasteiger partial charge in [0.1, 0.15) is 28.8 Å². The minimum atomic E-state index is -0.292. The number of fused-ring (bicyclic) bond motifs is 1. The van der Waals surface area contributed by atoms with Crippen molar-refractivity contribution in [3.63, 3.8) is 0 Å². The van der Waals surface area contributed by atoms with E-state index in [2.05, 4.69) is 27.0 Å². The largest absolute Gasteiger partial charge is 0.457 e. The van der Waals surface area contributed by atoms with Gasteiger partial charge in [0.2, 0.25) is 0 Å². The lowest BCUT2D eigenvalue weighted by molar-refractivity contribution is 0.0946. The average Bonchev–Trinajstić information content (AvgIpc) is 3.28. The molecule has 6 heteroatoms. The fraction of sp³-hybridized carbons (Fsp3) is 0.185. The van der Waals surface area contributed by atoms with Crippen LogP contribution in [0.2, 0.25) is 0 Å². The number of para-hydroxylation sites is 1. The van der Waals surface area contributed by atoms with Gasteiger partial charge in [0.25, 0.3) is 5.91 Å². The molecule has 1 N–H and O–H groups in total. The molecule has 0 radical (unpaired) electrons. The first kappa shape index (κ1) is 20.9. The molecule has 1 aliphatic rings. The number of rotatable bonds is 6. The van der Waals surface area contributed by atoms with E-state index in [1.165, 1.54) is 17.7 Å². The first-order chi connectivity index (χ1) is 16.1. The average molecular weight is 442 g/mol. The Kier molecular flexibility index (Phi) is 5.89. The van der Waals surface area contributed by atoms with Crippen LogP contribution < -0.4 is 10.1 Å². The molecule has 0 saturated carbocycles. The number of halogens is 1. The third-order valence-corrected chi connectivity index (χ3v) is 5.92. The molecule has 0 saturated heterocycles. The fourth-order valence-corrected chi connectivity index (χ4v) is 4.13. The van der Waals surface area contributed by atoms with Crippen molar-refractivity contribution in [1.82, 2.24) is 14.9 Å². The van der Waals surface area contributed by atoms with Gasteiger partial charge in [-0.05, 0) is 53.9 Å². The first-order valence-electron chi connectivity index (χ1n) is 11.1. The Morgan fingerprint density at radius 1 is 1.00 bits per heavy atom. The Morgan fingerprint density at radius 3 is 2.48 bits per heavy atom. The standard InChI is InChI=1S/C27H24FN3O2/c28-22-11-6-19(7-12-22)16-29-27(32)25-18-31-17-21(10-15-26(31)30-25)20-8-13-24(14-9-20)33-23-4-2-1-3-5-23/h1-9,11-14,18,21H,10,15-17H2,(H,29,32). The van der Waals surface area contributed by atoms with Gasteiger partial charge in [-0.25, -0.2) is 9.37 Å². The highest BCUT2D eigenvalue weighted by Crippen LogP contribution is 2.31. The van der Waals surface area contributed by atoms with Crippen LogP contribution in [0, 0.1) is 5.82 Å². The molecule has 0 bridgehead atoms. The van der Waals surface area contributed by atoms with Gasteiger partial charge in [-0.3, -0.25) is 4.79 Å². The van der Waals surface area contributed by atoms with Crippen molar-refractivity contribution in [2.75, 3.05) is 0 Å². The van der Waals surface area contributed by atoms with Crippen LogP contribution in [-0.4, -0.2) is 15.5 Å². The van der Waals surface area contributed by atoms with Crippen LogP contribution in [0.4, 0.5) is 4.39 Å². The number of amides is 1. The second-order valence-electron chi connectivity index (χ2n) is 8.22.